The van der Waals surface area contributed by atoms with Gasteiger partial charge in [0.15, 0.2) is 6.19 Å². The van der Waals surface area contributed by atoms with E-state index in [9.17, 15) is 19.2 Å². The van der Waals surface area contributed by atoms with Crippen molar-refractivity contribution in [1.29, 1.82) is 15.8 Å². The highest BCUT2D eigenvalue weighted by molar-refractivity contribution is 9.10. The van der Waals surface area contributed by atoms with E-state index in [1.165, 1.54) is 6.42 Å². The van der Waals surface area contributed by atoms with Gasteiger partial charge in [-0.3, -0.25) is 9.97 Å². The van der Waals surface area contributed by atoms with Gasteiger partial charge in [0, 0.05) is 123 Å². The summed E-state index contributed by atoms with van der Waals surface area (Å²) >= 11 is 3.41. The number of halogens is 1. The van der Waals surface area contributed by atoms with E-state index in [4.69, 9.17) is 72.7 Å². The number of morpholine rings is 4. The molecule has 11 aliphatic rings. The van der Waals surface area contributed by atoms with E-state index in [0.717, 1.165) is 89.2 Å². The molecule has 11 saturated heterocycles. The van der Waals surface area contributed by atoms with E-state index in [-0.39, 0.29) is 90.3 Å². The lowest BCUT2D eigenvalue weighted by molar-refractivity contribution is -0.00346. The molecule has 668 valence electrons. The van der Waals surface area contributed by atoms with E-state index >= 15 is 0 Å². The quantitative estimate of drug-likeness (QED) is 0.0814. The van der Waals surface area contributed by atoms with Gasteiger partial charge in [0.2, 0.25) is 0 Å². The lowest BCUT2D eigenvalue weighted by atomic mass is 9.80. The zero-order valence-corrected chi connectivity index (χ0v) is 76.2. The van der Waals surface area contributed by atoms with Crippen molar-refractivity contribution in [3.05, 3.63) is 126 Å². The molecule has 0 saturated carbocycles. The van der Waals surface area contributed by atoms with Crippen molar-refractivity contribution < 1.29 is 71.1 Å². The number of rotatable bonds is 7. The van der Waals surface area contributed by atoms with Gasteiger partial charge in [-0.05, 0) is 206 Å². The van der Waals surface area contributed by atoms with Gasteiger partial charge in [-0.1, -0.05) is 6.07 Å². The third-order valence-electron chi connectivity index (χ3n) is 23.4. The van der Waals surface area contributed by atoms with E-state index in [1.54, 1.807) is 79.7 Å². The second-order valence-corrected chi connectivity index (χ2v) is 38.7. The number of nitrogens with zero attached hydrogens (tertiary/aromatic N) is 18. The number of pyridine rings is 6. The molecule has 0 spiro atoms. The summed E-state index contributed by atoms with van der Waals surface area (Å²) in [6, 6.07) is 27.3. The first-order valence-electron chi connectivity index (χ1n) is 43.1. The molecular weight excluding hydrogens is 1660 g/mol. The molecule has 0 unspecified atom stereocenters. The minimum absolute atomic E-state index is 0.00159. The highest BCUT2D eigenvalue weighted by atomic mass is 79.9. The first-order valence-corrected chi connectivity index (χ1v) is 43.9. The monoisotopic (exact) mass is 1780 g/mol. The Kier molecular flexibility index (Phi) is 28.8. The number of carbonyl (C=O) groups is 4. The normalized spacial score (nSPS) is 24.7. The summed E-state index contributed by atoms with van der Waals surface area (Å²) in [5.74, 6) is 4.00. The van der Waals surface area contributed by atoms with Gasteiger partial charge < -0.3 is 96.0 Å². The molecular formula is C90H118BBrN18O15. The SMILES string of the molecule is CC(C)(C)OC(=O)N1C[C@@H]2CCCO[C@@H]2C1.CC(C)(C)OC(=O)N1C[C@H]2OCCN(c3ccc(-c4cc(C#N)ccn4)cn3)[C@H]2C1.CC(C)(C)OC(=O)N1C[C@H]2OCCN(c3ccc(B4OC(C)(C)C(C)(C)O4)cn3)[C@H]2C1.CC(C)(C)OC(=O)N1C[C@H]2OCCN(c3ccc(Br)cn3)[C@H]2C1.N#Cc1ccnc(-c2ccc(N3CCO[C@@H]4CN(C#N)C[C@@H]43)nc2)c1. The molecule has 0 bridgehead atoms. The predicted octanol–water partition coefficient (Wildman–Crippen LogP) is 11.1. The number of amides is 4. The largest absolute Gasteiger partial charge is 0.496 e. The molecule has 6 aromatic rings. The highest BCUT2D eigenvalue weighted by Crippen LogP contribution is 2.39. The van der Waals surface area contributed by atoms with Crippen LogP contribution >= 0.6 is 15.9 Å². The molecule has 17 rings (SSSR count). The molecule has 0 aromatic carbocycles. The van der Waals surface area contributed by atoms with Crippen LogP contribution in [0.1, 0.15) is 135 Å². The van der Waals surface area contributed by atoms with Gasteiger partial charge in [0.1, 0.15) is 45.7 Å². The molecule has 4 amide bonds. The Balaban J connectivity index is 0.000000136. The zero-order chi connectivity index (χ0) is 89.5. The molecule has 0 radical (unpaired) electrons. The standard InChI is InChI=1S/C22H34BN3O5.C22H25N5O3.C18H16N6O.C16H22BrN3O3.C12H21NO3/c1-20(2,3)29-19(27)25-13-16-17(14-25)28-11-10-26(16)18-9-8-15(12-24-18)23-30-21(4,5)22(6,7)31-23;1-22(2,3)30-21(28)26-13-18-19(14-26)29-9-8-27(18)20-5-4-16(12-25-20)17-10-15(11-23)6-7-24-17;19-8-13-3-4-21-15(7-13)14-1-2-18(22-9-14)24-5-6-25-17-11-23(12-20)10-16(17)24;1-16(2,3)23-15(21)19-9-12-13(10-19)22-7-6-20(12)14-5-4-11(17)8-18-14;1-12(2,3)16-11(14)13-7-9-5-4-6-15-10(9)8-13/h8-9,12,16-17H,10-11,13-14H2,1-7H3;4-7,10,12,18-19H,8-9,13-14H2,1-3H3;1-4,7,9,16-17H,5-6,10-11H2;4-5,8,12-13H,6-7,9-10H2,1-3H3;9-10H,4-8H2,1-3H3/t16-,17+;18-,19+;16-,17+;12-,13+;9-,10+/m00000/s1. The predicted molar refractivity (Wildman–Crippen MR) is 471 cm³/mol. The average Bonchev–Trinajstić information content (AvgIpc) is 1.63. The Morgan fingerprint density at radius 2 is 0.776 bits per heavy atom. The Morgan fingerprint density at radius 1 is 0.424 bits per heavy atom. The molecule has 6 aromatic heterocycles. The van der Waals surface area contributed by atoms with Crippen LogP contribution in [0.15, 0.2) is 114 Å². The fourth-order valence-corrected chi connectivity index (χ4v) is 17.0. The number of likely N-dealkylation sites (tertiary alicyclic amines) is 5. The van der Waals surface area contributed by atoms with Crippen LogP contribution in [0.5, 0.6) is 0 Å². The lowest BCUT2D eigenvalue weighted by Gasteiger charge is -2.37. The van der Waals surface area contributed by atoms with E-state index < -0.39 is 29.5 Å². The first-order chi connectivity index (χ1) is 59.3. The van der Waals surface area contributed by atoms with Crippen LogP contribution in [0.2, 0.25) is 0 Å². The van der Waals surface area contributed by atoms with Gasteiger partial charge in [0.25, 0.3) is 0 Å². The Labute approximate surface area is 742 Å². The number of hydrogen-bond donors (Lipinski definition) is 0. The fourth-order valence-electron chi connectivity index (χ4n) is 16.7. The maximum Gasteiger partial charge on any atom is 0.496 e. The van der Waals surface area contributed by atoms with Crippen LogP contribution in [0, 0.1) is 40.0 Å². The zero-order valence-electron chi connectivity index (χ0n) is 74.6. The van der Waals surface area contributed by atoms with Crippen molar-refractivity contribution >= 4 is 76.2 Å². The number of fused-ring (bicyclic) bond motifs is 5. The minimum atomic E-state index is -0.528. The molecule has 35 heteroatoms. The number of carbonyl (C=O) groups excluding carboxylic acids is 4. The van der Waals surface area contributed by atoms with Gasteiger partial charge in [-0.15, -0.1) is 0 Å². The van der Waals surface area contributed by atoms with Crippen LogP contribution in [0.3, 0.4) is 0 Å². The summed E-state index contributed by atoms with van der Waals surface area (Å²) in [6.07, 6.45) is 14.0. The van der Waals surface area contributed by atoms with E-state index in [0.29, 0.717) is 115 Å². The smallest absolute Gasteiger partial charge is 0.444 e. The van der Waals surface area contributed by atoms with Crippen LogP contribution in [0.25, 0.3) is 22.5 Å². The van der Waals surface area contributed by atoms with Gasteiger partial charge in [-0.2, -0.15) is 15.8 Å². The van der Waals surface area contributed by atoms with Crippen molar-refractivity contribution in [1.82, 2.24) is 54.4 Å². The maximum absolute atomic E-state index is 12.5. The summed E-state index contributed by atoms with van der Waals surface area (Å²) in [7, 11) is -0.432. The second kappa shape index (κ2) is 38.9. The molecule has 125 heavy (non-hydrogen) atoms. The summed E-state index contributed by atoms with van der Waals surface area (Å²) in [5, 5.41) is 27.2. The van der Waals surface area contributed by atoms with Crippen molar-refractivity contribution in [3.8, 4) is 40.8 Å². The van der Waals surface area contributed by atoms with Crippen LogP contribution in [0.4, 0.5) is 42.4 Å². The third-order valence-corrected chi connectivity index (χ3v) is 23.9. The average molecular weight is 1780 g/mol. The van der Waals surface area contributed by atoms with Crippen LogP contribution in [-0.2, 0) is 51.9 Å². The summed E-state index contributed by atoms with van der Waals surface area (Å²) in [5.41, 5.74) is 2.48. The van der Waals surface area contributed by atoms with Crippen molar-refractivity contribution in [2.24, 2.45) is 5.92 Å². The number of hydrogen-bond acceptors (Lipinski definition) is 29. The van der Waals surface area contributed by atoms with Crippen molar-refractivity contribution in [2.45, 2.75) is 212 Å². The summed E-state index contributed by atoms with van der Waals surface area (Å²) in [4.78, 5) is 93.8. The van der Waals surface area contributed by atoms with Crippen LogP contribution in [-0.4, -0.2) is 299 Å². The fraction of sp³-hybridized carbons (Fsp3) is 0.589. The third kappa shape index (κ3) is 23.5. The maximum atomic E-state index is 12.5. The molecule has 0 aliphatic carbocycles. The van der Waals surface area contributed by atoms with E-state index in [1.807, 2.05) is 166 Å². The van der Waals surface area contributed by atoms with E-state index in [2.05, 4.69) is 78.8 Å². The molecule has 11 aliphatic heterocycles. The molecule has 17 heterocycles. The summed E-state index contributed by atoms with van der Waals surface area (Å²) < 4.78 is 64.3. The van der Waals surface area contributed by atoms with Crippen molar-refractivity contribution in [3.63, 3.8) is 0 Å². The Bertz CT molecular complexity index is 4810. The number of ether oxygens (including phenoxy) is 9. The van der Waals surface area contributed by atoms with Crippen LogP contribution < -0.4 is 25.1 Å². The highest BCUT2D eigenvalue weighted by Gasteiger charge is 2.53. The second-order valence-electron chi connectivity index (χ2n) is 37.8. The Morgan fingerprint density at radius 3 is 1.12 bits per heavy atom. The molecule has 33 nitrogen and oxygen atoms in total. The number of aromatic nitrogens is 6. The molecule has 10 atom stereocenters. The summed E-state index contributed by atoms with van der Waals surface area (Å²) in [6.45, 7) is 43.0. The minimum Gasteiger partial charge on any atom is -0.444 e. The number of anilines is 4. The first kappa shape index (κ1) is 92.4. The molecule has 0 N–H and O–H groups in total. The van der Waals surface area contributed by atoms with Gasteiger partial charge >= 0.3 is 31.5 Å². The lowest BCUT2D eigenvalue weighted by Crippen LogP contribution is -2.51. The van der Waals surface area contributed by atoms with Gasteiger partial charge in [0.05, 0.1) is 166 Å². The van der Waals surface area contributed by atoms with Crippen molar-refractivity contribution in [2.75, 3.05) is 144 Å². The van der Waals surface area contributed by atoms with Gasteiger partial charge in [-0.25, -0.2) is 39.1 Å². The number of nitriles is 3. The Hall–Kier alpha value is -10.3. The topological polar surface area (TPSA) is 348 Å². The molecule has 11 fully saturated rings.